The molecule has 0 aromatic rings. The van der Waals surface area contributed by atoms with Crippen LogP contribution >= 0.6 is 0 Å². The molecule has 0 N–H and O–H groups in total. The molecule has 0 aromatic heterocycles. The largest absolute Gasteiger partial charge is 0.468 e. The van der Waals surface area contributed by atoms with E-state index in [0.717, 1.165) is 12.8 Å². The van der Waals surface area contributed by atoms with E-state index in [1.165, 1.54) is 19.1 Å². The fourth-order valence-corrected chi connectivity index (χ4v) is 1.74. The lowest BCUT2D eigenvalue weighted by Gasteiger charge is -2.23. The number of hydrogen-bond donors (Lipinski definition) is 0. The average molecular weight is 257 g/mol. The fraction of sp³-hybridized carbons (Fsp3) is 0.750. The van der Waals surface area contributed by atoms with E-state index in [4.69, 9.17) is 0 Å². The zero-order valence-electron chi connectivity index (χ0n) is 11.0. The molecule has 1 rings (SSSR count). The predicted molar refractivity (Wildman–Crippen MR) is 62.5 cm³/mol. The van der Waals surface area contributed by atoms with Crippen LogP contribution in [-0.2, 0) is 23.9 Å². The Balaban J connectivity index is 2.64. The highest BCUT2D eigenvalue weighted by Crippen LogP contribution is 2.37. The van der Waals surface area contributed by atoms with Crippen LogP contribution in [0.5, 0.6) is 0 Å². The van der Waals surface area contributed by atoms with Crippen LogP contribution in [0.3, 0.4) is 0 Å². The molecule has 18 heavy (non-hydrogen) atoms. The second-order valence-electron chi connectivity index (χ2n) is 4.47. The lowest BCUT2D eigenvalue weighted by atomic mass is 10.0. The van der Waals surface area contributed by atoms with Gasteiger partial charge in [0.25, 0.3) is 0 Å². The van der Waals surface area contributed by atoms with Gasteiger partial charge in [0, 0.05) is 5.92 Å². The quantitative estimate of drug-likeness (QED) is 0.636. The Bertz CT molecular complexity index is 319. The van der Waals surface area contributed by atoms with Gasteiger partial charge in [0.1, 0.15) is 13.1 Å². The molecule has 1 amide bonds. The van der Waals surface area contributed by atoms with E-state index >= 15 is 0 Å². The summed E-state index contributed by atoms with van der Waals surface area (Å²) in [5, 5.41) is 0. The van der Waals surface area contributed by atoms with Crippen LogP contribution in [0.2, 0.25) is 0 Å². The molecule has 0 aliphatic heterocycles. The van der Waals surface area contributed by atoms with Gasteiger partial charge in [-0.2, -0.15) is 0 Å². The SMILES string of the molecule is COC(=O)CN(CC(=O)OC)C(=O)C(C)C1CC1. The third-order valence-corrected chi connectivity index (χ3v) is 3.13. The van der Waals surface area contributed by atoms with Crippen molar-refractivity contribution in [2.75, 3.05) is 27.3 Å². The zero-order chi connectivity index (χ0) is 13.7. The van der Waals surface area contributed by atoms with Crippen molar-refractivity contribution in [1.82, 2.24) is 4.90 Å². The highest BCUT2D eigenvalue weighted by Gasteiger charge is 2.36. The lowest BCUT2D eigenvalue weighted by Crippen LogP contribution is -2.43. The molecule has 1 aliphatic rings. The van der Waals surface area contributed by atoms with Gasteiger partial charge in [-0.25, -0.2) is 0 Å². The Hall–Kier alpha value is -1.59. The van der Waals surface area contributed by atoms with Crippen molar-refractivity contribution < 1.29 is 23.9 Å². The lowest BCUT2D eigenvalue weighted by molar-refractivity contribution is -0.153. The number of rotatable bonds is 6. The van der Waals surface area contributed by atoms with Crippen molar-refractivity contribution in [3.8, 4) is 0 Å². The molecule has 6 nitrogen and oxygen atoms in total. The van der Waals surface area contributed by atoms with E-state index in [2.05, 4.69) is 9.47 Å². The van der Waals surface area contributed by atoms with Crippen LogP contribution < -0.4 is 0 Å². The van der Waals surface area contributed by atoms with Crippen molar-refractivity contribution in [2.45, 2.75) is 19.8 Å². The summed E-state index contributed by atoms with van der Waals surface area (Å²) in [6.07, 6.45) is 2.05. The third kappa shape index (κ3) is 4.01. The van der Waals surface area contributed by atoms with Gasteiger partial charge in [-0.05, 0) is 18.8 Å². The molecule has 1 aliphatic carbocycles. The van der Waals surface area contributed by atoms with E-state index < -0.39 is 11.9 Å². The molecule has 0 aromatic carbocycles. The molecule has 1 atom stereocenters. The Morgan fingerprint density at radius 1 is 1.11 bits per heavy atom. The molecule has 0 bridgehead atoms. The summed E-state index contributed by atoms with van der Waals surface area (Å²) in [6, 6.07) is 0. The Labute approximate surface area is 106 Å². The smallest absolute Gasteiger partial charge is 0.325 e. The summed E-state index contributed by atoms with van der Waals surface area (Å²) in [4.78, 5) is 35.8. The number of carbonyl (C=O) groups is 3. The summed E-state index contributed by atoms with van der Waals surface area (Å²) in [5.74, 6) is -1.09. The molecule has 0 radical (unpaired) electrons. The number of amides is 1. The maximum Gasteiger partial charge on any atom is 0.325 e. The second kappa shape index (κ2) is 6.37. The Morgan fingerprint density at radius 3 is 1.89 bits per heavy atom. The van der Waals surface area contributed by atoms with Crippen molar-refractivity contribution in [3.05, 3.63) is 0 Å². The minimum atomic E-state index is -0.546. The Morgan fingerprint density at radius 2 is 1.56 bits per heavy atom. The topological polar surface area (TPSA) is 72.9 Å². The van der Waals surface area contributed by atoms with Gasteiger partial charge in [-0.1, -0.05) is 6.92 Å². The summed E-state index contributed by atoms with van der Waals surface area (Å²) in [7, 11) is 2.49. The third-order valence-electron chi connectivity index (χ3n) is 3.13. The molecule has 0 saturated heterocycles. The van der Waals surface area contributed by atoms with Crippen LogP contribution in [0.25, 0.3) is 0 Å². The van der Waals surface area contributed by atoms with Crippen molar-refractivity contribution in [3.63, 3.8) is 0 Å². The van der Waals surface area contributed by atoms with Gasteiger partial charge in [0.15, 0.2) is 0 Å². The summed E-state index contributed by atoms with van der Waals surface area (Å²) in [5.41, 5.74) is 0. The van der Waals surface area contributed by atoms with Gasteiger partial charge in [0.2, 0.25) is 5.91 Å². The van der Waals surface area contributed by atoms with Crippen LogP contribution in [0.4, 0.5) is 0 Å². The first-order chi connectivity index (χ1) is 8.49. The van der Waals surface area contributed by atoms with Crippen LogP contribution in [0, 0.1) is 11.8 Å². The molecule has 102 valence electrons. The predicted octanol–water partition coefficient (Wildman–Crippen LogP) is 0.207. The van der Waals surface area contributed by atoms with Gasteiger partial charge in [-0.15, -0.1) is 0 Å². The molecule has 0 heterocycles. The number of hydrogen-bond acceptors (Lipinski definition) is 5. The van der Waals surface area contributed by atoms with E-state index in [1.807, 2.05) is 6.92 Å². The summed E-state index contributed by atoms with van der Waals surface area (Å²) in [6.45, 7) is 1.38. The van der Waals surface area contributed by atoms with E-state index in [0.29, 0.717) is 5.92 Å². The number of nitrogens with zero attached hydrogens (tertiary/aromatic N) is 1. The van der Waals surface area contributed by atoms with Gasteiger partial charge in [-0.3, -0.25) is 14.4 Å². The second-order valence-corrected chi connectivity index (χ2v) is 4.47. The van der Waals surface area contributed by atoms with E-state index in [1.54, 1.807) is 0 Å². The first kappa shape index (κ1) is 14.5. The maximum absolute atomic E-state index is 12.1. The normalized spacial score (nSPS) is 15.7. The fourth-order valence-electron chi connectivity index (χ4n) is 1.74. The number of carbonyl (C=O) groups excluding carboxylic acids is 3. The maximum atomic E-state index is 12.1. The minimum absolute atomic E-state index is 0.167. The number of methoxy groups -OCH3 is 2. The molecule has 1 unspecified atom stereocenters. The van der Waals surface area contributed by atoms with Crippen molar-refractivity contribution >= 4 is 17.8 Å². The molecular weight excluding hydrogens is 238 g/mol. The van der Waals surface area contributed by atoms with Gasteiger partial charge >= 0.3 is 11.9 Å². The van der Waals surface area contributed by atoms with Crippen molar-refractivity contribution in [2.24, 2.45) is 11.8 Å². The van der Waals surface area contributed by atoms with Gasteiger partial charge < -0.3 is 14.4 Å². The van der Waals surface area contributed by atoms with Crippen molar-refractivity contribution in [1.29, 1.82) is 0 Å². The average Bonchev–Trinajstić information content (AvgIpc) is 3.19. The highest BCUT2D eigenvalue weighted by molar-refractivity contribution is 5.87. The first-order valence-corrected chi connectivity index (χ1v) is 5.92. The molecule has 1 fully saturated rings. The molecule has 1 saturated carbocycles. The number of esters is 2. The first-order valence-electron chi connectivity index (χ1n) is 5.92. The number of ether oxygens (including phenoxy) is 2. The van der Waals surface area contributed by atoms with E-state index in [-0.39, 0.29) is 24.9 Å². The Kier molecular flexibility index (Phi) is 5.12. The summed E-state index contributed by atoms with van der Waals surface area (Å²) < 4.78 is 9.03. The van der Waals surface area contributed by atoms with Gasteiger partial charge in [0.05, 0.1) is 14.2 Å². The molecule has 0 spiro atoms. The zero-order valence-corrected chi connectivity index (χ0v) is 11.0. The monoisotopic (exact) mass is 257 g/mol. The molecular formula is C12H19NO5. The standard InChI is InChI=1S/C12H19NO5/c1-8(9-4-5-9)12(16)13(6-10(14)17-2)7-11(15)18-3/h8-9H,4-7H2,1-3H3. The highest BCUT2D eigenvalue weighted by atomic mass is 16.5. The van der Waals surface area contributed by atoms with Crippen LogP contribution in [0.1, 0.15) is 19.8 Å². The summed E-state index contributed by atoms with van der Waals surface area (Å²) >= 11 is 0. The van der Waals surface area contributed by atoms with E-state index in [9.17, 15) is 14.4 Å². The van der Waals surface area contributed by atoms with Crippen LogP contribution in [0.15, 0.2) is 0 Å². The van der Waals surface area contributed by atoms with Crippen LogP contribution in [-0.4, -0.2) is 50.1 Å². The minimum Gasteiger partial charge on any atom is -0.468 e. The molecule has 6 heteroatoms.